The first kappa shape index (κ1) is 12.4. The minimum Gasteiger partial charge on any atom is -0.494 e. The Morgan fingerprint density at radius 3 is 2.50 bits per heavy atom. The molecule has 4 nitrogen and oxygen atoms in total. The molecule has 0 saturated carbocycles. The molecule has 0 amide bonds. The van der Waals surface area contributed by atoms with Crippen molar-refractivity contribution >= 4 is 28.7 Å². The van der Waals surface area contributed by atoms with Crippen LogP contribution >= 0.6 is 11.6 Å². The number of hydrogen-bond acceptors (Lipinski definition) is 4. The first-order valence-corrected chi connectivity index (χ1v) is 5.68. The third-order valence-electron chi connectivity index (χ3n) is 2.32. The molecule has 0 aliphatic heterocycles. The number of nitrogens with zero attached hydrogens (tertiary/aromatic N) is 2. The summed E-state index contributed by atoms with van der Waals surface area (Å²) < 4.78 is 5.18. The number of hydrogen-bond donors (Lipinski definition) is 1. The fourth-order valence-electron chi connectivity index (χ4n) is 1.42. The van der Waals surface area contributed by atoms with Crippen molar-refractivity contribution in [1.82, 2.24) is 0 Å². The van der Waals surface area contributed by atoms with E-state index in [1.807, 2.05) is 12.1 Å². The van der Waals surface area contributed by atoms with E-state index in [2.05, 4.69) is 10.2 Å². The molecule has 0 aliphatic rings. The van der Waals surface area contributed by atoms with Gasteiger partial charge in [0.15, 0.2) is 0 Å². The van der Waals surface area contributed by atoms with Crippen molar-refractivity contribution in [3.8, 4) is 5.75 Å². The SMILES string of the molecule is COc1cc(N)ccc1N=Nc1ccccc1Cl. The Labute approximate surface area is 110 Å². The van der Waals surface area contributed by atoms with Gasteiger partial charge in [0.25, 0.3) is 0 Å². The van der Waals surface area contributed by atoms with E-state index in [1.54, 1.807) is 37.4 Å². The van der Waals surface area contributed by atoms with Crippen LogP contribution in [0.1, 0.15) is 0 Å². The summed E-state index contributed by atoms with van der Waals surface area (Å²) in [5.74, 6) is 0.575. The van der Waals surface area contributed by atoms with Crippen LogP contribution in [0.25, 0.3) is 0 Å². The summed E-state index contributed by atoms with van der Waals surface area (Å²) in [4.78, 5) is 0. The van der Waals surface area contributed by atoms with Crippen LogP contribution in [0.2, 0.25) is 5.02 Å². The molecule has 2 N–H and O–H groups in total. The fraction of sp³-hybridized carbons (Fsp3) is 0.0769. The van der Waals surface area contributed by atoms with Crippen LogP contribution in [0.15, 0.2) is 52.7 Å². The number of halogens is 1. The van der Waals surface area contributed by atoms with Gasteiger partial charge in [0.1, 0.15) is 17.1 Å². The first-order valence-electron chi connectivity index (χ1n) is 5.30. The lowest BCUT2D eigenvalue weighted by atomic mass is 10.2. The van der Waals surface area contributed by atoms with Crippen LogP contribution in [-0.2, 0) is 0 Å². The van der Waals surface area contributed by atoms with E-state index in [0.717, 1.165) is 0 Å². The average molecular weight is 262 g/mol. The summed E-state index contributed by atoms with van der Waals surface area (Å²) in [6, 6.07) is 12.4. The van der Waals surface area contributed by atoms with E-state index in [9.17, 15) is 0 Å². The summed E-state index contributed by atoms with van der Waals surface area (Å²) >= 11 is 5.98. The Balaban J connectivity index is 2.32. The maximum Gasteiger partial charge on any atom is 0.148 e. The largest absolute Gasteiger partial charge is 0.494 e. The molecule has 0 unspecified atom stereocenters. The Kier molecular flexibility index (Phi) is 3.79. The number of nitrogen functional groups attached to an aromatic ring is 1. The normalized spacial score (nSPS) is 10.8. The van der Waals surface area contributed by atoms with Gasteiger partial charge in [-0.3, -0.25) is 0 Å². The molecule has 0 heterocycles. The molecule has 2 aromatic rings. The van der Waals surface area contributed by atoms with Crippen LogP contribution < -0.4 is 10.5 Å². The van der Waals surface area contributed by atoms with Gasteiger partial charge in [-0.2, -0.15) is 0 Å². The van der Waals surface area contributed by atoms with Crippen molar-refractivity contribution in [2.24, 2.45) is 10.2 Å². The molecule has 2 aromatic carbocycles. The molecule has 0 saturated heterocycles. The molecule has 0 atom stereocenters. The van der Waals surface area contributed by atoms with Gasteiger partial charge in [-0.15, -0.1) is 10.2 Å². The molecule has 0 spiro atoms. The van der Waals surface area contributed by atoms with Gasteiger partial charge in [-0.05, 0) is 24.3 Å². The zero-order valence-electron chi connectivity index (χ0n) is 9.80. The van der Waals surface area contributed by atoms with E-state index in [-0.39, 0.29) is 0 Å². The van der Waals surface area contributed by atoms with E-state index < -0.39 is 0 Å². The monoisotopic (exact) mass is 261 g/mol. The Bertz CT molecular complexity index is 584. The molecule has 2 rings (SSSR count). The van der Waals surface area contributed by atoms with Crippen molar-refractivity contribution in [3.63, 3.8) is 0 Å². The second-order valence-corrected chi connectivity index (χ2v) is 3.99. The average Bonchev–Trinajstić information content (AvgIpc) is 2.39. The van der Waals surface area contributed by atoms with E-state index in [4.69, 9.17) is 22.1 Å². The number of nitrogens with two attached hydrogens (primary N) is 1. The van der Waals surface area contributed by atoms with Crippen molar-refractivity contribution in [2.45, 2.75) is 0 Å². The summed E-state index contributed by atoms with van der Waals surface area (Å²) in [5, 5.41) is 8.75. The third kappa shape index (κ3) is 2.78. The third-order valence-corrected chi connectivity index (χ3v) is 2.64. The van der Waals surface area contributed by atoms with Gasteiger partial charge in [0.05, 0.1) is 12.1 Å². The maximum atomic E-state index is 5.98. The molecule has 0 aliphatic carbocycles. The highest BCUT2D eigenvalue weighted by Gasteiger charge is 2.02. The standard InChI is InChI=1S/C13H12ClN3O/c1-18-13-8-9(15)6-7-12(13)17-16-11-5-3-2-4-10(11)14/h2-8H,15H2,1H3. The molecule has 0 bridgehead atoms. The Hall–Kier alpha value is -2.07. The lowest BCUT2D eigenvalue weighted by Gasteiger charge is -2.04. The van der Waals surface area contributed by atoms with Crippen LogP contribution in [-0.4, -0.2) is 7.11 Å². The predicted molar refractivity (Wildman–Crippen MR) is 73.0 cm³/mol. The van der Waals surface area contributed by atoms with Crippen molar-refractivity contribution in [3.05, 3.63) is 47.5 Å². The van der Waals surface area contributed by atoms with E-state index in [1.165, 1.54) is 0 Å². The second kappa shape index (κ2) is 5.51. The fourth-order valence-corrected chi connectivity index (χ4v) is 1.59. The summed E-state index contributed by atoms with van der Waals surface area (Å²) in [6.07, 6.45) is 0. The van der Waals surface area contributed by atoms with Gasteiger partial charge >= 0.3 is 0 Å². The summed E-state index contributed by atoms with van der Waals surface area (Å²) in [6.45, 7) is 0. The van der Waals surface area contributed by atoms with E-state index in [0.29, 0.717) is 27.8 Å². The highest BCUT2D eigenvalue weighted by Crippen LogP contribution is 2.32. The number of rotatable bonds is 3. The molecule has 0 aromatic heterocycles. The van der Waals surface area contributed by atoms with Crippen molar-refractivity contribution < 1.29 is 4.74 Å². The minimum atomic E-state index is 0.552. The minimum absolute atomic E-state index is 0.552. The lowest BCUT2D eigenvalue weighted by Crippen LogP contribution is -1.87. The number of azo groups is 1. The number of ether oxygens (including phenoxy) is 1. The highest BCUT2D eigenvalue weighted by atomic mass is 35.5. The number of anilines is 1. The quantitative estimate of drug-likeness (QED) is 0.660. The van der Waals surface area contributed by atoms with Crippen molar-refractivity contribution in [2.75, 3.05) is 12.8 Å². The van der Waals surface area contributed by atoms with Crippen LogP contribution in [0.4, 0.5) is 17.1 Å². The van der Waals surface area contributed by atoms with Gasteiger partial charge in [0, 0.05) is 11.8 Å². The lowest BCUT2D eigenvalue weighted by molar-refractivity contribution is 0.416. The summed E-state index contributed by atoms with van der Waals surface area (Å²) in [7, 11) is 1.56. The Morgan fingerprint density at radius 2 is 1.78 bits per heavy atom. The first-order chi connectivity index (χ1) is 8.70. The molecular formula is C13H12ClN3O. The highest BCUT2D eigenvalue weighted by molar-refractivity contribution is 6.32. The molecule has 5 heteroatoms. The smallest absolute Gasteiger partial charge is 0.148 e. The predicted octanol–water partition coefficient (Wildman–Crippen LogP) is 4.35. The Morgan fingerprint density at radius 1 is 1.06 bits per heavy atom. The molecular weight excluding hydrogens is 250 g/mol. The molecule has 18 heavy (non-hydrogen) atoms. The second-order valence-electron chi connectivity index (χ2n) is 3.58. The number of methoxy groups -OCH3 is 1. The maximum absolute atomic E-state index is 5.98. The zero-order valence-corrected chi connectivity index (χ0v) is 10.6. The summed E-state index contributed by atoms with van der Waals surface area (Å²) in [5.41, 5.74) is 7.49. The molecule has 0 radical (unpaired) electrons. The van der Waals surface area contributed by atoms with Gasteiger partial charge < -0.3 is 10.5 Å². The molecule has 0 fully saturated rings. The van der Waals surface area contributed by atoms with Crippen LogP contribution in [0.5, 0.6) is 5.75 Å². The van der Waals surface area contributed by atoms with Crippen molar-refractivity contribution in [1.29, 1.82) is 0 Å². The van der Waals surface area contributed by atoms with Gasteiger partial charge in [0.2, 0.25) is 0 Å². The van der Waals surface area contributed by atoms with Gasteiger partial charge in [-0.25, -0.2) is 0 Å². The zero-order chi connectivity index (χ0) is 13.0. The van der Waals surface area contributed by atoms with Crippen LogP contribution in [0.3, 0.4) is 0 Å². The van der Waals surface area contributed by atoms with Gasteiger partial charge in [-0.1, -0.05) is 23.7 Å². The topological polar surface area (TPSA) is 60.0 Å². The van der Waals surface area contributed by atoms with E-state index >= 15 is 0 Å². The van der Waals surface area contributed by atoms with Crippen LogP contribution in [0, 0.1) is 0 Å². The number of benzene rings is 2. The molecule has 92 valence electrons.